The van der Waals surface area contributed by atoms with E-state index in [4.69, 9.17) is 4.74 Å². The van der Waals surface area contributed by atoms with Crippen molar-refractivity contribution in [2.45, 2.75) is 43.3 Å². The minimum absolute atomic E-state index is 0.154. The van der Waals surface area contributed by atoms with Gasteiger partial charge in [-0.15, -0.1) is 0 Å². The number of aliphatic hydroxyl groups excluding tert-OH is 1. The molecule has 0 amide bonds. The minimum atomic E-state index is -3.33. The molecule has 1 unspecified atom stereocenters. The molecule has 2 aliphatic rings. The lowest BCUT2D eigenvalue weighted by Gasteiger charge is -2.33. The van der Waals surface area contributed by atoms with Gasteiger partial charge in [0.1, 0.15) is 6.10 Å². The summed E-state index contributed by atoms with van der Waals surface area (Å²) in [4.78, 5) is 12.8. The predicted molar refractivity (Wildman–Crippen MR) is 90.6 cm³/mol. The first-order valence-corrected chi connectivity index (χ1v) is 9.05. The van der Waals surface area contributed by atoms with Crippen LogP contribution >= 0.6 is 0 Å². The summed E-state index contributed by atoms with van der Waals surface area (Å²) in [6.07, 6.45) is -1.28. The van der Waals surface area contributed by atoms with Gasteiger partial charge in [-0.1, -0.05) is 30.3 Å². The van der Waals surface area contributed by atoms with Crippen LogP contribution in [0, 0.1) is 11.8 Å². The number of piperidine rings is 1. The van der Waals surface area contributed by atoms with E-state index in [2.05, 4.69) is 5.32 Å². The van der Waals surface area contributed by atoms with Gasteiger partial charge in [-0.2, -0.15) is 0 Å². The Hall–Kier alpha value is -1.57. The molecule has 1 aliphatic heterocycles. The number of benzene rings is 1. The second-order valence-corrected chi connectivity index (χ2v) is 7.34. The third-order valence-corrected chi connectivity index (χ3v) is 5.54. The summed E-state index contributed by atoms with van der Waals surface area (Å²) in [6, 6.07) is 8.01. The van der Waals surface area contributed by atoms with Crippen LogP contribution < -0.4 is 5.32 Å². The van der Waals surface area contributed by atoms with Crippen LogP contribution in [0.3, 0.4) is 0 Å². The summed E-state index contributed by atoms with van der Waals surface area (Å²) in [5.74, 6) is -5.17. The number of nitrogens with one attached hydrogen (secondary N) is 1. The smallest absolute Gasteiger partial charge is 0.343 e. The van der Waals surface area contributed by atoms with Crippen LogP contribution in [0.2, 0.25) is 0 Å². The van der Waals surface area contributed by atoms with Gasteiger partial charge in [0.05, 0.1) is 6.61 Å². The lowest BCUT2D eigenvalue weighted by atomic mass is 9.80. The number of hydrogen-bond acceptors (Lipinski definition) is 5. The van der Waals surface area contributed by atoms with E-state index in [0.717, 1.165) is 25.9 Å². The molecule has 3 rings (SSSR count). The van der Waals surface area contributed by atoms with Gasteiger partial charge < -0.3 is 20.3 Å². The van der Waals surface area contributed by atoms with E-state index in [0.29, 0.717) is 0 Å². The van der Waals surface area contributed by atoms with Crippen molar-refractivity contribution in [3.63, 3.8) is 0 Å². The zero-order valence-electron chi connectivity index (χ0n) is 14.5. The van der Waals surface area contributed by atoms with Crippen LogP contribution in [0.15, 0.2) is 30.3 Å². The number of alkyl halides is 2. The van der Waals surface area contributed by atoms with E-state index in [-0.39, 0.29) is 24.5 Å². The number of aliphatic hydroxyl groups is 2. The van der Waals surface area contributed by atoms with Crippen molar-refractivity contribution < 1.29 is 28.5 Å². The van der Waals surface area contributed by atoms with Gasteiger partial charge in [0, 0.05) is 12.3 Å². The number of halogens is 2. The van der Waals surface area contributed by atoms with Crippen molar-refractivity contribution in [2.75, 3.05) is 19.7 Å². The third-order valence-electron chi connectivity index (χ3n) is 5.54. The van der Waals surface area contributed by atoms with Crippen molar-refractivity contribution >= 4 is 5.97 Å². The lowest BCUT2D eigenvalue weighted by Crippen LogP contribution is -2.45. The van der Waals surface area contributed by atoms with Crippen LogP contribution in [0.25, 0.3) is 0 Å². The van der Waals surface area contributed by atoms with Crippen molar-refractivity contribution in [3.8, 4) is 0 Å². The Balaban J connectivity index is 1.80. The topological polar surface area (TPSA) is 78.8 Å². The van der Waals surface area contributed by atoms with E-state index in [1.54, 1.807) is 18.2 Å². The second-order valence-electron chi connectivity index (χ2n) is 7.34. The van der Waals surface area contributed by atoms with Gasteiger partial charge in [0.2, 0.25) is 0 Å². The number of ether oxygens (including phenoxy) is 1. The fourth-order valence-corrected chi connectivity index (χ4v) is 3.87. The van der Waals surface area contributed by atoms with Gasteiger partial charge in [-0.3, -0.25) is 0 Å². The molecule has 0 radical (unpaired) electrons. The summed E-state index contributed by atoms with van der Waals surface area (Å²) in [5.41, 5.74) is -1.99. The maximum absolute atomic E-state index is 13.9. The molecule has 3 N–H and O–H groups in total. The van der Waals surface area contributed by atoms with Gasteiger partial charge >= 0.3 is 5.97 Å². The van der Waals surface area contributed by atoms with Crippen molar-refractivity contribution in [1.29, 1.82) is 0 Å². The maximum Gasteiger partial charge on any atom is 0.343 e. The minimum Gasteiger partial charge on any atom is -0.463 e. The normalized spacial score (nSPS) is 28.5. The molecule has 1 saturated carbocycles. The Morgan fingerprint density at radius 1 is 1.27 bits per heavy atom. The van der Waals surface area contributed by atoms with E-state index in [1.165, 1.54) is 12.1 Å². The zero-order chi connectivity index (χ0) is 18.8. The number of carbonyl (C=O) groups is 1. The van der Waals surface area contributed by atoms with Crippen LogP contribution in [-0.4, -0.2) is 47.9 Å². The monoisotopic (exact) mass is 369 g/mol. The van der Waals surface area contributed by atoms with E-state index < -0.39 is 35.9 Å². The number of hydrogen-bond donors (Lipinski definition) is 3. The molecule has 144 valence electrons. The molecule has 0 aromatic heterocycles. The largest absolute Gasteiger partial charge is 0.463 e. The molecule has 1 saturated heterocycles. The van der Waals surface area contributed by atoms with E-state index in [1.807, 2.05) is 0 Å². The first-order chi connectivity index (χ1) is 12.3. The Morgan fingerprint density at radius 3 is 2.50 bits per heavy atom. The quantitative estimate of drug-likeness (QED) is 0.690. The molecular formula is C19H25F2NO4. The first kappa shape index (κ1) is 19.2. The van der Waals surface area contributed by atoms with Gasteiger partial charge in [0.15, 0.2) is 5.60 Å². The summed E-state index contributed by atoms with van der Waals surface area (Å²) < 4.78 is 33.1. The summed E-state index contributed by atoms with van der Waals surface area (Å²) in [5, 5.41) is 24.0. The SMILES string of the molecule is O=C(OCC1CCNCC1)[C@](O)(c1ccccc1)[C@@H]1CC(O)C(F)(F)C1. The van der Waals surface area contributed by atoms with Crippen molar-refractivity contribution in [3.05, 3.63) is 35.9 Å². The predicted octanol–water partition coefficient (Wildman–Crippen LogP) is 1.82. The maximum atomic E-state index is 13.9. The Morgan fingerprint density at radius 2 is 1.92 bits per heavy atom. The highest BCUT2D eigenvalue weighted by Gasteiger charge is 2.58. The molecule has 5 nitrogen and oxygen atoms in total. The van der Waals surface area contributed by atoms with Gasteiger partial charge in [-0.05, 0) is 43.8 Å². The number of esters is 1. The van der Waals surface area contributed by atoms with E-state index in [9.17, 15) is 23.8 Å². The van der Waals surface area contributed by atoms with Crippen LogP contribution in [0.4, 0.5) is 8.78 Å². The van der Waals surface area contributed by atoms with Gasteiger partial charge in [0.25, 0.3) is 5.92 Å². The Bertz CT molecular complexity index is 621. The van der Waals surface area contributed by atoms with E-state index >= 15 is 0 Å². The average molecular weight is 369 g/mol. The average Bonchev–Trinajstić information content (AvgIpc) is 2.93. The molecule has 3 atom stereocenters. The summed E-state index contributed by atoms with van der Waals surface area (Å²) in [7, 11) is 0. The third kappa shape index (κ3) is 3.75. The van der Waals surface area contributed by atoms with Crippen molar-refractivity contribution in [2.24, 2.45) is 11.8 Å². The molecule has 7 heteroatoms. The molecule has 1 heterocycles. The highest BCUT2D eigenvalue weighted by molar-refractivity contribution is 5.81. The fourth-order valence-electron chi connectivity index (χ4n) is 3.87. The molecular weight excluding hydrogens is 344 g/mol. The van der Waals surface area contributed by atoms with Crippen LogP contribution in [-0.2, 0) is 15.1 Å². The highest BCUT2D eigenvalue weighted by Crippen LogP contribution is 2.48. The molecule has 2 fully saturated rings. The van der Waals surface area contributed by atoms with Crippen LogP contribution in [0.5, 0.6) is 0 Å². The molecule has 1 aromatic carbocycles. The molecule has 0 bridgehead atoms. The van der Waals surface area contributed by atoms with Crippen molar-refractivity contribution in [1.82, 2.24) is 5.32 Å². The molecule has 0 spiro atoms. The van der Waals surface area contributed by atoms with Gasteiger partial charge in [-0.25, -0.2) is 13.6 Å². The van der Waals surface area contributed by atoms with Crippen LogP contribution in [0.1, 0.15) is 31.2 Å². The molecule has 26 heavy (non-hydrogen) atoms. The Kier molecular flexibility index (Phi) is 5.60. The second kappa shape index (κ2) is 7.58. The standard InChI is InChI=1S/C19H25F2NO4/c20-18(21)11-15(10-16(18)23)19(25,14-4-2-1-3-5-14)17(24)26-12-13-6-8-22-9-7-13/h1-5,13,15-16,22-23,25H,6-12H2/t15-,16?,19+/m1/s1. The first-order valence-electron chi connectivity index (χ1n) is 9.05. The summed E-state index contributed by atoms with van der Waals surface area (Å²) in [6.45, 7) is 1.83. The number of carbonyl (C=O) groups excluding carboxylic acids is 1. The fraction of sp³-hybridized carbons (Fsp3) is 0.632. The lowest BCUT2D eigenvalue weighted by molar-refractivity contribution is -0.176. The molecule has 1 aromatic rings. The summed E-state index contributed by atoms with van der Waals surface area (Å²) >= 11 is 0. The highest BCUT2D eigenvalue weighted by atomic mass is 19.3. The molecule has 1 aliphatic carbocycles. The zero-order valence-corrected chi connectivity index (χ0v) is 14.5. The Labute approximate surface area is 151 Å². The number of rotatable bonds is 5.